The molecule has 0 radical (unpaired) electrons. The molecule has 1 N–H and O–H groups in total. The Balaban J connectivity index is 1.67. The molecular formula is C18H17BrO4. The van der Waals surface area contributed by atoms with Crippen LogP contribution < -0.4 is 4.74 Å². The van der Waals surface area contributed by atoms with Crippen molar-refractivity contribution >= 4 is 15.9 Å². The Kier molecular flexibility index (Phi) is 3.69. The van der Waals surface area contributed by atoms with E-state index in [9.17, 15) is 5.11 Å². The van der Waals surface area contributed by atoms with E-state index in [4.69, 9.17) is 14.2 Å². The van der Waals surface area contributed by atoms with Crippen LogP contribution >= 0.6 is 15.9 Å². The van der Waals surface area contributed by atoms with E-state index < -0.39 is 11.9 Å². The van der Waals surface area contributed by atoms with Crippen molar-refractivity contribution in [1.29, 1.82) is 0 Å². The van der Waals surface area contributed by atoms with E-state index in [1.54, 1.807) is 7.11 Å². The number of aliphatic hydroxyl groups excluding tert-OH is 1. The summed E-state index contributed by atoms with van der Waals surface area (Å²) >= 11 is 3.44. The summed E-state index contributed by atoms with van der Waals surface area (Å²) in [6.07, 6.45) is -0.00637. The fourth-order valence-corrected chi connectivity index (χ4v) is 3.73. The number of fused-ring (bicyclic) bond motifs is 2. The van der Waals surface area contributed by atoms with Gasteiger partial charge >= 0.3 is 0 Å². The summed E-state index contributed by atoms with van der Waals surface area (Å²) in [4.78, 5) is 0. The molecule has 120 valence electrons. The van der Waals surface area contributed by atoms with Gasteiger partial charge in [0.1, 0.15) is 11.9 Å². The Labute approximate surface area is 143 Å². The first kappa shape index (κ1) is 15.1. The summed E-state index contributed by atoms with van der Waals surface area (Å²) in [6.45, 7) is 1.28. The van der Waals surface area contributed by atoms with Crippen molar-refractivity contribution in [3.8, 4) is 5.75 Å². The number of ether oxygens (including phenoxy) is 3. The van der Waals surface area contributed by atoms with Gasteiger partial charge in [-0.05, 0) is 29.3 Å². The lowest BCUT2D eigenvalue weighted by Crippen LogP contribution is -2.39. The lowest BCUT2D eigenvalue weighted by molar-refractivity contribution is -0.182. The van der Waals surface area contributed by atoms with Crippen LogP contribution in [0.4, 0.5) is 0 Å². The summed E-state index contributed by atoms with van der Waals surface area (Å²) in [5.41, 5.74) is 3.82. The maximum Gasteiger partial charge on any atom is 0.199 e. The molecule has 2 aromatic carbocycles. The van der Waals surface area contributed by atoms with Gasteiger partial charge in [-0.3, -0.25) is 0 Å². The third-order valence-corrected chi connectivity index (χ3v) is 5.01. The van der Waals surface area contributed by atoms with E-state index in [2.05, 4.69) is 15.9 Å². The lowest BCUT2D eigenvalue weighted by Gasteiger charge is -2.39. The highest BCUT2D eigenvalue weighted by molar-refractivity contribution is 9.10. The molecule has 1 spiro atoms. The van der Waals surface area contributed by atoms with Crippen LogP contribution in [0.15, 0.2) is 40.9 Å². The van der Waals surface area contributed by atoms with E-state index in [1.165, 1.54) is 0 Å². The SMILES string of the molecule is COc1ccc(Br)cc1C(O)c1ccc2c(c1)CC21OCCO1. The highest BCUT2D eigenvalue weighted by atomic mass is 79.9. The van der Waals surface area contributed by atoms with Crippen LogP contribution in [-0.4, -0.2) is 25.4 Å². The van der Waals surface area contributed by atoms with Gasteiger partial charge in [0.25, 0.3) is 0 Å². The third kappa shape index (κ3) is 2.39. The summed E-state index contributed by atoms with van der Waals surface area (Å²) in [5, 5.41) is 10.8. The minimum absolute atomic E-state index is 0.535. The van der Waals surface area contributed by atoms with Gasteiger partial charge in [0.05, 0.1) is 20.3 Å². The average molecular weight is 377 g/mol. The molecule has 5 heteroatoms. The fourth-order valence-electron chi connectivity index (χ4n) is 3.35. The second-order valence-electron chi connectivity index (χ2n) is 5.83. The van der Waals surface area contributed by atoms with Gasteiger partial charge in [-0.2, -0.15) is 0 Å². The van der Waals surface area contributed by atoms with E-state index in [0.29, 0.717) is 19.0 Å². The smallest absolute Gasteiger partial charge is 0.199 e. The molecule has 1 unspecified atom stereocenters. The Morgan fingerprint density at radius 3 is 2.65 bits per heavy atom. The highest BCUT2D eigenvalue weighted by Crippen LogP contribution is 2.46. The third-order valence-electron chi connectivity index (χ3n) is 4.52. The van der Waals surface area contributed by atoms with Crippen LogP contribution in [0.5, 0.6) is 5.75 Å². The maximum atomic E-state index is 10.8. The number of hydrogen-bond acceptors (Lipinski definition) is 4. The van der Waals surface area contributed by atoms with Gasteiger partial charge in [-0.15, -0.1) is 0 Å². The average Bonchev–Trinajstić information content (AvgIpc) is 3.04. The standard InChI is InChI=1S/C18H17BrO4/c1-21-16-5-3-13(19)9-14(16)17(20)11-2-4-15-12(8-11)10-18(15)22-6-7-23-18/h2-5,8-9,17,20H,6-7,10H2,1H3. The molecule has 23 heavy (non-hydrogen) atoms. The fraction of sp³-hybridized carbons (Fsp3) is 0.333. The number of methoxy groups -OCH3 is 1. The van der Waals surface area contributed by atoms with Crippen molar-refractivity contribution in [3.63, 3.8) is 0 Å². The van der Waals surface area contributed by atoms with Crippen LogP contribution in [0.25, 0.3) is 0 Å². The zero-order chi connectivity index (χ0) is 16.0. The molecule has 0 bridgehead atoms. The van der Waals surface area contributed by atoms with Crippen molar-refractivity contribution in [3.05, 3.63) is 63.1 Å². The molecule has 0 aromatic heterocycles. The van der Waals surface area contributed by atoms with Crippen molar-refractivity contribution < 1.29 is 19.3 Å². The van der Waals surface area contributed by atoms with Gasteiger partial charge < -0.3 is 19.3 Å². The normalized spacial score (nSPS) is 19.3. The molecule has 1 fully saturated rings. The molecule has 1 atom stereocenters. The molecule has 0 amide bonds. The van der Waals surface area contributed by atoms with Crippen molar-refractivity contribution in [1.82, 2.24) is 0 Å². The zero-order valence-electron chi connectivity index (χ0n) is 12.7. The first-order valence-electron chi connectivity index (χ1n) is 7.56. The molecular weight excluding hydrogens is 360 g/mol. The summed E-state index contributed by atoms with van der Waals surface area (Å²) in [7, 11) is 1.61. The van der Waals surface area contributed by atoms with Crippen LogP contribution in [0.2, 0.25) is 0 Å². The summed E-state index contributed by atoms with van der Waals surface area (Å²) in [6, 6.07) is 11.6. The lowest BCUT2D eigenvalue weighted by atomic mass is 9.80. The largest absolute Gasteiger partial charge is 0.496 e. The molecule has 1 aliphatic heterocycles. The Morgan fingerprint density at radius 2 is 1.96 bits per heavy atom. The minimum atomic E-state index is -0.741. The van der Waals surface area contributed by atoms with Crippen LogP contribution in [0.1, 0.15) is 28.4 Å². The molecule has 1 aliphatic carbocycles. The molecule has 2 aliphatic rings. The monoisotopic (exact) mass is 376 g/mol. The quantitative estimate of drug-likeness (QED) is 0.892. The number of hydrogen-bond donors (Lipinski definition) is 1. The molecule has 4 rings (SSSR count). The molecule has 0 saturated carbocycles. The van der Waals surface area contributed by atoms with E-state index in [0.717, 1.165) is 33.1 Å². The topological polar surface area (TPSA) is 47.9 Å². The van der Waals surface area contributed by atoms with Crippen molar-refractivity contribution in [2.75, 3.05) is 20.3 Å². The zero-order valence-corrected chi connectivity index (χ0v) is 14.3. The Hall–Kier alpha value is -1.40. The maximum absolute atomic E-state index is 10.8. The van der Waals surface area contributed by atoms with Gasteiger partial charge in [0.2, 0.25) is 0 Å². The van der Waals surface area contributed by atoms with Gasteiger partial charge in [-0.1, -0.05) is 34.1 Å². The van der Waals surface area contributed by atoms with Crippen molar-refractivity contribution in [2.24, 2.45) is 0 Å². The minimum Gasteiger partial charge on any atom is -0.496 e. The first-order chi connectivity index (χ1) is 11.1. The number of aliphatic hydroxyl groups is 1. The predicted octanol–water partition coefficient (Wildman–Crippen LogP) is 3.30. The van der Waals surface area contributed by atoms with Gasteiger partial charge in [-0.25, -0.2) is 0 Å². The van der Waals surface area contributed by atoms with E-state index in [1.807, 2.05) is 36.4 Å². The molecule has 2 aromatic rings. The highest BCUT2D eigenvalue weighted by Gasteiger charge is 2.48. The second kappa shape index (κ2) is 5.60. The number of halogens is 1. The van der Waals surface area contributed by atoms with Crippen LogP contribution in [0, 0.1) is 0 Å². The van der Waals surface area contributed by atoms with Gasteiger partial charge in [0, 0.05) is 22.0 Å². The van der Waals surface area contributed by atoms with E-state index >= 15 is 0 Å². The summed E-state index contributed by atoms with van der Waals surface area (Å²) in [5.74, 6) is 0.133. The first-order valence-corrected chi connectivity index (χ1v) is 8.35. The Bertz CT molecular complexity index is 753. The van der Waals surface area contributed by atoms with Gasteiger partial charge in [0.15, 0.2) is 5.79 Å². The molecule has 4 nitrogen and oxygen atoms in total. The Morgan fingerprint density at radius 1 is 1.17 bits per heavy atom. The molecule has 1 heterocycles. The molecule has 1 saturated heterocycles. The summed E-state index contributed by atoms with van der Waals surface area (Å²) < 4.78 is 17.7. The van der Waals surface area contributed by atoms with Crippen molar-refractivity contribution in [2.45, 2.75) is 18.3 Å². The number of rotatable bonds is 3. The van der Waals surface area contributed by atoms with Crippen LogP contribution in [0.3, 0.4) is 0 Å². The predicted molar refractivity (Wildman–Crippen MR) is 88.5 cm³/mol. The second-order valence-corrected chi connectivity index (χ2v) is 6.75. The van der Waals surface area contributed by atoms with Crippen LogP contribution in [-0.2, 0) is 21.7 Å². The van der Waals surface area contributed by atoms with E-state index in [-0.39, 0.29) is 0 Å². The number of benzene rings is 2.